The minimum atomic E-state index is -0.482. The zero-order valence-corrected chi connectivity index (χ0v) is 11.6. The van der Waals surface area contributed by atoms with Gasteiger partial charge in [0.05, 0.1) is 5.56 Å². The number of nitrogens with zero attached hydrogens (tertiary/aromatic N) is 1. The van der Waals surface area contributed by atoms with Crippen LogP contribution in [-0.2, 0) is 0 Å². The van der Waals surface area contributed by atoms with Gasteiger partial charge in [0.15, 0.2) is 0 Å². The maximum absolute atomic E-state index is 13.7. The molecule has 1 aromatic rings. The summed E-state index contributed by atoms with van der Waals surface area (Å²) in [6.45, 7) is 1.09. The van der Waals surface area contributed by atoms with Gasteiger partial charge in [-0.3, -0.25) is 4.79 Å². The van der Waals surface area contributed by atoms with Crippen molar-refractivity contribution in [3.05, 3.63) is 34.1 Å². The number of benzene rings is 1. The minimum Gasteiger partial charge on any atom is -0.334 e. The average Bonchev–Trinajstić information content (AvgIpc) is 2.40. The number of carbonyl (C=O) groups is 1. The molecule has 1 fully saturated rings. The average molecular weight is 315 g/mol. The zero-order chi connectivity index (χ0) is 13.1. The van der Waals surface area contributed by atoms with Crippen LogP contribution in [0.2, 0.25) is 0 Å². The van der Waals surface area contributed by atoms with E-state index in [1.807, 2.05) is 0 Å². The van der Waals surface area contributed by atoms with Gasteiger partial charge >= 0.3 is 0 Å². The molecular weight excluding hydrogens is 299 g/mol. The van der Waals surface area contributed by atoms with Crippen LogP contribution in [0.25, 0.3) is 0 Å². The van der Waals surface area contributed by atoms with Crippen molar-refractivity contribution in [2.75, 3.05) is 13.1 Å². The fourth-order valence-corrected chi connectivity index (χ4v) is 2.69. The van der Waals surface area contributed by atoms with Gasteiger partial charge in [0.25, 0.3) is 5.91 Å². The highest BCUT2D eigenvalue weighted by atomic mass is 79.9. The number of halogens is 2. The fourth-order valence-electron chi connectivity index (χ4n) is 2.33. The molecule has 1 unspecified atom stereocenters. The maximum atomic E-state index is 13.7. The summed E-state index contributed by atoms with van der Waals surface area (Å²) >= 11 is 3.26. The third kappa shape index (κ3) is 2.72. The smallest absolute Gasteiger partial charge is 0.257 e. The van der Waals surface area contributed by atoms with Crippen LogP contribution in [0.4, 0.5) is 4.39 Å². The van der Waals surface area contributed by atoms with Crippen LogP contribution in [0.15, 0.2) is 22.7 Å². The molecule has 0 bridgehead atoms. The maximum Gasteiger partial charge on any atom is 0.257 e. The van der Waals surface area contributed by atoms with Gasteiger partial charge in [-0.25, -0.2) is 4.39 Å². The van der Waals surface area contributed by atoms with Crippen LogP contribution >= 0.6 is 15.9 Å². The number of carbonyl (C=O) groups excluding carboxylic acids is 1. The monoisotopic (exact) mass is 314 g/mol. The van der Waals surface area contributed by atoms with E-state index in [0.29, 0.717) is 17.6 Å². The first-order chi connectivity index (χ1) is 8.63. The summed E-state index contributed by atoms with van der Waals surface area (Å²) in [5.41, 5.74) is 5.80. The number of piperidine rings is 1. The predicted octanol–water partition coefficient (Wildman–Crippen LogP) is 2.54. The van der Waals surface area contributed by atoms with Crippen LogP contribution in [0.1, 0.15) is 29.6 Å². The lowest BCUT2D eigenvalue weighted by molar-refractivity contribution is 0.0618. The standard InChI is InChI=1S/C13H16BrFN2O/c14-9-4-5-12(15)11(7-9)13(18)17-6-2-1-3-10(17)8-16/h4-5,7,10H,1-3,6,8,16H2. The highest BCUT2D eigenvalue weighted by molar-refractivity contribution is 9.10. The molecule has 1 aromatic carbocycles. The molecule has 0 aliphatic carbocycles. The molecule has 0 aromatic heterocycles. The van der Waals surface area contributed by atoms with E-state index >= 15 is 0 Å². The summed E-state index contributed by atoms with van der Waals surface area (Å²) in [4.78, 5) is 14.1. The molecule has 1 heterocycles. The molecule has 0 saturated carbocycles. The Bertz CT molecular complexity index is 453. The van der Waals surface area contributed by atoms with Gasteiger partial charge in [-0.1, -0.05) is 15.9 Å². The summed E-state index contributed by atoms with van der Waals surface area (Å²) < 4.78 is 14.4. The molecule has 1 aliphatic heterocycles. The van der Waals surface area contributed by atoms with Crippen LogP contribution in [0.5, 0.6) is 0 Å². The van der Waals surface area contributed by atoms with E-state index in [4.69, 9.17) is 5.73 Å². The van der Waals surface area contributed by atoms with E-state index in [1.165, 1.54) is 12.1 Å². The van der Waals surface area contributed by atoms with Crippen molar-refractivity contribution in [2.45, 2.75) is 25.3 Å². The van der Waals surface area contributed by atoms with Gasteiger partial charge in [-0.2, -0.15) is 0 Å². The second-order valence-electron chi connectivity index (χ2n) is 4.51. The zero-order valence-electron chi connectivity index (χ0n) is 10.0. The molecular formula is C13H16BrFN2O. The third-order valence-corrected chi connectivity index (χ3v) is 3.81. The van der Waals surface area contributed by atoms with Gasteiger partial charge in [-0.15, -0.1) is 0 Å². The molecule has 18 heavy (non-hydrogen) atoms. The van der Waals surface area contributed by atoms with Crippen molar-refractivity contribution in [3.63, 3.8) is 0 Å². The van der Waals surface area contributed by atoms with Crippen molar-refractivity contribution < 1.29 is 9.18 Å². The van der Waals surface area contributed by atoms with Crippen molar-refractivity contribution in [1.82, 2.24) is 4.90 Å². The summed E-state index contributed by atoms with van der Waals surface area (Å²) in [6, 6.07) is 4.45. The molecule has 1 atom stereocenters. The largest absolute Gasteiger partial charge is 0.334 e. The number of nitrogens with two attached hydrogens (primary N) is 1. The number of rotatable bonds is 2. The number of hydrogen-bond acceptors (Lipinski definition) is 2. The Morgan fingerprint density at radius 3 is 3.00 bits per heavy atom. The van der Waals surface area contributed by atoms with E-state index < -0.39 is 5.82 Å². The molecule has 98 valence electrons. The van der Waals surface area contributed by atoms with Crippen molar-refractivity contribution in [3.8, 4) is 0 Å². The first-order valence-electron chi connectivity index (χ1n) is 6.09. The quantitative estimate of drug-likeness (QED) is 0.912. The Morgan fingerprint density at radius 2 is 2.28 bits per heavy atom. The summed E-state index contributed by atoms with van der Waals surface area (Å²) in [7, 11) is 0. The van der Waals surface area contributed by atoms with Crippen molar-refractivity contribution in [2.24, 2.45) is 5.73 Å². The van der Waals surface area contributed by atoms with Crippen molar-refractivity contribution >= 4 is 21.8 Å². The van der Waals surface area contributed by atoms with Crippen molar-refractivity contribution in [1.29, 1.82) is 0 Å². The Balaban J connectivity index is 2.26. The molecule has 0 radical (unpaired) electrons. The van der Waals surface area contributed by atoms with Crippen LogP contribution in [0, 0.1) is 5.82 Å². The molecule has 1 aliphatic rings. The molecule has 0 spiro atoms. The summed E-state index contributed by atoms with van der Waals surface area (Å²) in [5.74, 6) is -0.742. The third-order valence-electron chi connectivity index (χ3n) is 3.32. The molecule has 2 N–H and O–H groups in total. The van der Waals surface area contributed by atoms with Crippen LogP contribution in [0.3, 0.4) is 0 Å². The van der Waals surface area contributed by atoms with E-state index in [9.17, 15) is 9.18 Å². The van der Waals surface area contributed by atoms with Crippen LogP contribution in [-0.4, -0.2) is 29.9 Å². The lowest BCUT2D eigenvalue weighted by atomic mass is 10.0. The normalized spacial score (nSPS) is 19.9. The molecule has 1 saturated heterocycles. The SMILES string of the molecule is NCC1CCCCN1C(=O)c1cc(Br)ccc1F. The van der Waals surface area contributed by atoms with Gasteiger partial charge in [-0.05, 0) is 37.5 Å². The number of hydrogen-bond donors (Lipinski definition) is 1. The second-order valence-corrected chi connectivity index (χ2v) is 5.42. The van der Waals surface area contributed by atoms with Gasteiger partial charge in [0.1, 0.15) is 5.82 Å². The second kappa shape index (κ2) is 5.80. The molecule has 2 rings (SSSR count). The number of amides is 1. The number of likely N-dealkylation sites (tertiary alicyclic amines) is 1. The lowest BCUT2D eigenvalue weighted by Gasteiger charge is -2.35. The van der Waals surface area contributed by atoms with Gasteiger partial charge in [0, 0.05) is 23.6 Å². The topological polar surface area (TPSA) is 46.3 Å². The predicted molar refractivity (Wildman–Crippen MR) is 71.8 cm³/mol. The molecule has 5 heteroatoms. The highest BCUT2D eigenvalue weighted by Crippen LogP contribution is 2.22. The van der Waals surface area contributed by atoms with E-state index in [0.717, 1.165) is 19.3 Å². The van der Waals surface area contributed by atoms with Crippen LogP contribution < -0.4 is 5.73 Å². The van der Waals surface area contributed by atoms with E-state index in [-0.39, 0.29) is 17.5 Å². The van der Waals surface area contributed by atoms with Gasteiger partial charge < -0.3 is 10.6 Å². The summed E-state index contributed by atoms with van der Waals surface area (Å²) in [5, 5.41) is 0. The Kier molecular flexibility index (Phi) is 4.35. The first kappa shape index (κ1) is 13.5. The first-order valence-corrected chi connectivity index (χ1v) is 6.89. The lowest BCUT2D eigenvalue weighted by Crippen LogP contribution is -2.47. The molecule has 3 nitrogen and oxygen atoms in total. The Labute approximate surface area is 114 Å². The summed E-state index contributed by atoms with van der Waals surface area (Å²) in [6.07, 6.45) is 2.93. The Morgan fingerprint density at radius 1 is 1.50 bits per heavy atom. The minimum absolute atomic E-state index is 0.0321. The van der Waals surface area contributed by atoms with E-state index in [2.05, 4.69) is 15.9 Å². The fraction of sp³-hybridized carbons (Fsp3) is 0.462. The van der Waals surface area contributed by atoms with E-state index in [1.54, 1.807) is 11.0 Å². The molecule has 1 amide bonds. The Hall–Kier alpha value is -0.940. The van der Waals surface area contributed by atoms with Gasteiger partial charge in [0.2, 0.25) is 0 Å². The highest BCUT2D eigenvalue weighted by Gasteiger charge is 2.27.